The summed E-state index contributed by atoms with van der Waals surface area (Å²) in [5.41, 5.74) is 2.44. The van der Waals surface area contributed by atoms with Crippen LogP contribution < -0.4 is 10.1 Å². The molecule has 0 aliphatic heterocycles. The van der Waals surface area contributed by atoms with Gasteiger partial charge in [-0.1, -0.05) is 25.8 Å². The van der Waals surface area contributed by atoms with Crippen LogP contribution >= 0.6 is 0 Å². The van der Waals surface area contributed by atoms with Crippen LogP contribution in [0.3, 0.4) is 0 Å². The second-order valence-electron chi connectivity index (χ2n) is 5.59. The fraction of sp³-hybridized carbons (Fsp3) is 0.647. The van der Waals surface area contributed by atoms with Gasteiger partial charge in [-0.3, -0.25) is 0 Å². The third-order valence-electron chi connectivity index (χ3n) is 4.01. The van der Waals surface area contributed by atoms with Gasteiger partial charge in [0.1, 0.15) is 5.75 Å². The third-order valence-corrected chi connectivity index (χ3v) is 4.01. The first kappa shape index (κ1) is 15.3. The molecule has 0 unspecified atom stereocenters. The normalized spacial score (nSPS) is 15.7. The number of benzene rings is 1. The van der Waals surface area contributed by atoms with Crippen molar-refractivity contribution in [3.8, 4) is 5.75 Å². The Kier molecular flexibility index (Phi) is 6.34. The lowest BCUT2D eigenvalue weighted by Crippen LogP contribution is -2.12. The highest BCUT2D eigenvalue weighted by atomic mass is 16.5. The molecule has 1 fully saturated rings. The summed E-state index contributed by atoms with van der Waals surface area (Å²) in [5, 5.41) is 3.35. The van der Waals surface area contributed by atoms with Crippen molar-refractivity contribution < 1.29 is 9.47 Å². The molecule has 0 radical (unpaired) electrons. The molecule has 1 N–H and O–H groups in total. The fourth-order valence-corrected chi connectivity index (χ4v) is 2.84. The quantitative estimate of drug-likeness (QED) is 0.788. The van der Waals surface area contributed by atoms with Crippen molar-refractivity contribution in [1.82, 2.24) is 5.32 Å². The van der Waals surface area contributed by atoms with Crippen molar-refractivity contribution in [2.45, 2.75) is 45.8 Å². The van der Waals surface area contributed by atoms with E-state index in [4.69, 9.17) is 9.47 Å². The van der Waals surface area contributed by atoms with E-state index in [1.54, 1.807) is 7.11 Å². The summed E-state index contributed by atoms with van der Waals surface area (Å²) in [5.74, 6) is 1.70. The van der Waals surface area contributed by atoms with Crippen molar-refractivity contribution in [2.24, 2.45) is 5.92 Å². The van der Waals surface area contributed by atoms with Crippen molar-refractivity contribution in [3.63, 3.8) is 0 Å². The maximum absolute atomic E-state index is 5.91. The van der Waals surface area contributed by atoms with Crippen LogP contribution in [0.1, 0.15) is 43.7 Å². The van der Waals surface area contributed by atoms with E-state index in [1.807, 2.05) is 6.07 Å². The van der Waals surface area contributed by atoms with E-state index in [-0.39, 0.29) is 0 Å². The number of ether oxygens (including phenoxy) is 2. The lowest BCUT2D eigenvalue weighted by molar-refractivity contribution is 0.0874. The highest BCUT2D eigenvalue weighted by Gasteiger charge is 2.15. The zero-order valence-corrected chi connectivity index (χ0v) is 12.8. The molecule has 3 heteroatoms. The number of hydrogen-bond acceptors (Lipinski definition) is 3. The van der Waals surface area contributed by atoms with Crippen LogP contribution in [0.15, 0.2) is 18.2 Å². The summed E-state index contributed by atoms with van der Waals surface area (Å²) in [6.45, 7) is 5.55. The average molecular weight is 277 g/mol. The fourth-order valence-electron chi connectivity index (χ4n) is 2.84. The molecule has 2 rings (SSSR count). The van der Waals surface area contributed by atoms with Crippen LogP contribution in [0.2, 0.25) is 0 Å². The van der Waals surface area contributed by atoms with E-state index >= 15 is 0 Å². The summed E-state index contributed by atoms with van der Waals surface area (Å²) in [6.07, 6.45) is 5.40. The monoisotopic (exact) mass is 277 g/mol. The molecule has 0 amide bonds. The molecule has 1 aliphatic carbocycles. The second-order valence-corrected chi connectivity index (χ2v) is 5.59. The van der Waals surface area contributed by atoms with Gasteiger partial charge in [0.15, 0.2) is 0 Å². The topological polar surface area (TPSA) is 30.5 Å². The molecule has 1 aliphatic rings. The molecule has 1 aromatic carbocycles. The van der Waals surface area contributed by atoms with Gasteiger partial charge in [-0.25, -0.2) is 0 Å². The first-order valence-corrected chi connectivity index (χ1v) is 7.77. The molecule has 20 heavy (non-hydrogen) atoms. The standard InChI is InChI=1S/C17H27NO2/c1-3-18-11-15-8-9-17(19-2)16(10-15)13-20-12-14-6-4-5-7-14/h8-10,14,18H,3-7,11-13H2,1-2H3. The molecule has 0 saturated heterocycles. The van der Waals surface area contributed by atoms with Crippen LogP contribution in [0.25, 0.3) is 0 Å². The Morgan fingerprint density at radius 2 is 2.05 bits per heavy atom. The zero-order chi connectivity index (χ0) is 14.2. The van der Waals surface area contributed by atoms with E-state index in [9.17, 15) is 0 Å². The Bertz CT molecular complexity index is 400. The lowest BCUT2D eigenvalue weighted by Gasteiger charge is -2.13. The molecule has 0 atom stereocenters. The van der Waals surface area contributed by atoms with Crippen LogP contribution in [0.4, 0.5) is 0 Å². The van der Waals surface area contributed by atoms with Crippen LogP contribution in [-0.2, 0) is 17.9 Å². The number of nitrogens with one attached hydrogen (secondary N) is 1. The smallest absolute Gasteiger partial charge is 0.124 e. The summed E-state index contributed by atoms with van der Waals surface area (Å²) in [6, 6.07) is 6.35. The Morgan fingerprint density at radius 3 is 2.75 bits per heavy atom. The van der Waals surface area contributed by atoms with Crippen LogP contribution in [0.5, 0.6) is 5.75 Å². The van der Waals surface area contributed by atoms with Gasteiger partial charge < -0.3 is 14.8 Å². The van der Waals surface area contributed by atoms with Gasteiger partial charge >= 0.3 is 0 Å². The molecular formula is C17H27NO2. The molecule has 0 bridgehead atoms. The minimum atomic E-state index is 0.652. The lowest BCUT2D eigenvalue weighted by atomic mass is 10.1. The highest BCUT2D eigenvalue weighted by molar-refractivity contribution is 5.36. The summed E-state index contributed by atoms with van der Waals surface area (Å²) in [4.78, 5) is 0. The van der Waals surface area contributed by atoms with E-state index in [0.29, 0.717) is 6.61 Å². The number of hydrogen-bond donors (Lipinski definition) is 1. The van der Waals surface area contributed by atoms with E-state index in [0.717, 1.165) is 36.9 Å². The van der Waals surface area contributed by atoms with Crippen LogP contribution in [0, 0.1) is 5.92 Å². The molecule has 0 heterocycles. The minimum absolute atomic E-state index is 0.652. The van der Waals surface area contributed by atoms with Gasteiger partial charge in [-0.2, -0.15) is 0 Å². The summed E-state index contributed by atoms with van der Waals surface area (Å²) in [7, 11) is 1.72. The Morgan fingerprint density at radius 1 is 1.25 bits per heavy atom. The Balaban J connectivity index is 1.89. The van der Waals surface area contributed by atoms with Gasteiger partial charge in [0.2, 0.25) is 0 Å². The van der Waals surface area contributed by atoms with Gasteiger partial charge in [0, 0.05) is 18.7 Å². The second kappa shape index (κ2) is 8.28. The molecular weight excluding hydrogens is 250 g/mol. The average Bonchev–Trinajstić information content (AvgIpc) is 2.98. The van der Waals surface area contributed by atoms with Gasteiger partial charge in [0.05, 0.1) is 13.7 Å². The molecule has 112 valence electrons. The maximum atomic E-state index is 5.91. The van der Waals surface area contributed by atoms with Crippen molar-refractivity contribution in [1.29, 1.82) is 0 Å². The van der Waals surface area contributed by atoms with Gasteiger partial charge in [-0.15, -0.1) is 0 Å². The molecule has 0 spiro atoms. The van der Waals surface area contributed by atoms with Gasteiger partial charge in [0.25, 0.3) is 0 Å². The SMILES string of the molecule is CCNCc1ccc(OC)c(COCC2CCCC2)c1. The van der Waals surface area contributed by atoms with Gasteiger partial charge in [-0.05, 0) is 43.0 Å². The number of methoxy groups -OCH3 is 1. The molecule has 1 saturated carbocycles. The van der Waals surface area contributed by atoms with Crippen molar-refractivity contribution in [3.05, 3.63) is 29.3 Å². The van der Waals surface area contributed by atoms with Crippen molar-refractivity contribution in [2.75, 3.05) is 20.3 Å². The molecule has 3 nitrogen and oxygen atoms in total. The highest BCUT2D eigenvalue weighted by Crippen LogP contribution is 2.26. The summed E-state index contributed by atoms with van der Waals surface area (Å²) >= 11 is 0. The third kappa shape index (κ3) is 4.50. The maximum Gasteiger partial charge on any atom is 0.124 e. The zero-order valence-electron chi connectivity index (χ0n) is 12.8. The predicted molar refractivity (Wildman–Crippen MR) is 82.0 cm³/mol. The predicted octanol–water partition coefficient (Wildman–Crippen LogP) is 3.51. The Labute approximate surface area is 122 Å². The largest absolute Gasteiger partial charge is 0.496 e. The van der Waals surface area contributed by atoms with E-state index in [2.05, 4.69) is 24.4 Å². The number of rotatable bonds is 8. The summed E-state index contributed by atoms with van der Waals surface area (Å²) < 4.78 is 11.3. The first-order valence-electron chi connectivity index (χ1n) is 7.77. The molecule has 1 aromatic rings. The Hall–Kier alpha value is -1.06. The van der Waals surface area contributed by atoms with Crippen molar-refractivity contribution >= 4 is 0 Å². The first-order chi connectivity index (χ1) is 9.83. The van der Waals surface area contributed by atoms with E-state index < -0.39 is 0 Å². The molecule has 0 aromatic heterocycles. The minimum Gasteiger partial charge on any atom is -0.496 e. The van der Waals surface area contributed by atoms with E-state index in [1.165, 1.54) is 31.2 Å². The van der Waals surface area contributed by atoms with Crippen LogP contribution in [-0.4, -0.2) is 20.3 Å².